The van der Waals surface area contributed by atoms with E-state index in [0.29, 0.717) is 13.2 Å². The average Bonchev–Trinajstić information content (AvgIpc) is 2.64. The zero-order chi connectivity index (χ0) is 9.52. The molecule has 4 heteroatoms. The second-order valence-electron chi connectivity index (χ2n) is 3.26. The quantitative estimate of drug-likeness (QED) is 0.639. The van der Waals surface area contributed by atoms with Gasteiger partial charge in [0.05, 0.1) is 32.0 Å². The zero-order valence-electron chi connectivity index (χ0n) is 8.41. The normalized spacial score (nSPS) is 24.9. The summed E-state index contributed by atoms with van der Waals surface area (Å²) in [5.41, 5.74) is 0. The summed E-state index contributed by atoms with van der Waals surface area (Å²) < 4.78 is 15.9. The summed E-state index contributed by atoms with van der Waals surface area (Å²) in [4.78, 5) is 0. The van der Waals surface area contributed by atoms with E-state index in [2.05, 4.69) is 5.32 Å². The van der Waals surface area contributed by atoms with Gasteiger partial charge in [0.1, 0.15) is 0 Å². The minimum Gasteiger partial charge on any atom is -0.383 e. The van der Waals surface area contributed by atoms with Crippen molar-refractivity contribution in [3.05, 3.63) is 0 Å². The minimum atomic E-state index is 0.283. The second-order valence-corrected chi connectivity index (χ2v) is 3.26. The van der Waals surface area contributed by atoms with E-state index in [1.807, 2.05) is 7.05 Å². The van der Waals surface area contributed by atoms with Gasteiger partial charge in [0.25, 0.3) is 0 Å². The smallest absolute Gasteiger partial charge is 0.0831 e. The predicted molar refractivity (Wildman–Crippen MR) is 49.9 cm³/mol. The summed E-state index contributed by atoms with van der Waals surface area (Å²) in [5, 5.41) is 3.14. The maximum atomic E-state index is 5.64. The number of likely N-dealkylation sites (N-methyl/N-ethyl adjacent to an activating group) is 1. The van der Waals surface area contributed by atoms with Crippen molar-refractivity contribution in [2.75, 3.05) is 40.6 Å². The molecular formula is C9H19NO3. The molecule has 2 atom stereocenters. The van der Waals surface area contributed by atoms with Crippen LogP contribution in [0.25, 0.3) is 0 Å². The van der Waals surface area contributed by atoms with Crippen molar-refractivity contribution in [2.45, 2.75) is 18.6 Å². The first-order chi connectivity index (χ1) is 6.36. The van der Waals surface area contributed by atoms with Crippen molar-refractivity contribution >= 4 is 0 Å². The molecular weight excluding hydrogens is 170 g/mol. The molecule has 0 aromatic carbocycles. The highest BCUT2D eigenvalue weighted by atomic mass is 16.5. The molecule has 0 aromatic rings. The average molecular weight is 189 g/mol. The Morgan fingerprint density at radius 1 is 1.54 bits per heavy atom. The van der Waals surface area contributed by atoms with Gasteiger partial charge in [-0.1, -0.05) is 0 Å². The maximum absolute atomic E-state index is 5.64. The largest absolute Gasteiger partial charge is 0.383 e. The number of methoxy groups -OCH3 is 1. The molecule has 0 saturated carbocycles. The van der Waals surface area contributed by atoms with Crippen LogP contribution in [0, 0.1) is 0 Å². The van der Waals surface area contributed by atoms with Gasteiger partial charge in [0.15, 0.2) is 0 Å². The first-order valence-electron chi connectivity index (χ1n) is 4.72. The summed E-state index contributed by atoms with van der Waals surface area (Å²) in [5.74, 6) is 0. The summed E-state index contributed by atoms with van der Waals surface area (Å²) in [6, 6.07) is 0.283. The molecule has 13 heavy (non-hydrogen) atoms. The number of hydrogen-bond donors (Lipinski definition) is 1. The highest BCUT2D eigenvalue weighted by Gasteiger charge is 2.17. The predicted octanol–water partition coefficient (Wildman–Crippen LogP) is 0.0263. The van der Waals surface area contributed by atoms with E-state index in [1.165, 1.54) is 0 Å². The van der Waals surface area contributed by atoms with Crippen LogP contribution in [0.1, 0.15) is 6.42 Å². The van der Waals surface area contributed by atoms with Crippen LogP contribution in [-0.2, 0) is 14.2 Å². The Balaban J connectivity index is 2.07. The van der Waals surface area contributed by atoms with Gasteiger partial charge in [-0.2, -0.15) is 0 Å². The molecule has 0 aromatic heterocycles. The molecule has 78 valence electrons. The van der Waals surface area contributed by atoms with E-state index in [4.69, 9.17) is 14.2 Å². The minimum absolute atomic E-state index is 0.283. The molecule has 0 radical (unpaired) electrons. The SMILES string of the molecule is CNC(COC)COC1CCOC1. The van der Waals surface area contributed by atoms with Crippen molar-refractivity contribution < 1.29 is 14.2 Å². The molecule has 1 aliphatic heterocycles. The lowest BCUT2D eigenvalue weighted by molar-refractivity contribution is 0.0170. The van der Waals surface area contributed by atoms with Crippen molar-refractivity contribution in [1.82, 2.24) is 5.32 Å². The first kappa shape index (κ1) is 10.9. The molecule has 1 aliphatic rings. The van der Waals surface area contributed by atoms with E-state index in [1.54, 1.807) is 7.11 Å². The Kier molecular flexibility index (Phi) is 5.31. The first-order valence-corrected chi connectivity index (χ1v) is 4.72. The molecule has 0 spiro atoms. The summed E-state index contributed by atoms with van der Waals surface area (Å²) >= 11 is 0. The van der Waals surface area contributed by atoms with Crippen molar-refractivity contribution in [3.8, 4) is 0 Å². The lowest BCUT2D eigenvalue weighted by Gasteiger charge is -2.17. The molecule has 1 fully saturated rings. The molecule has 1 heterocycles. The van der Waals surface area contributed by atoms with E-state index >= 15 is 0 Å². The molecule has 1 rings (SSSR count). The summed E-state index contributed by atoms with van der Waals surface area (Å²) in [7, 11) is 3.61. The maximum Gasteiger partial charge on any atom is 0.0831 e. The zero-order valence-corrected chi connectivity index (χ0v) is 8.41. The molecule has 0 bridgehead atoms. The van der Waals surface area contributed by atoms with Crippen LogP contribution < -0.4 is 5.32 Å². The van der Waals surface area contributed by atoms with Crippen LogP contribution in [0.3, 0.4) is 0 Å². The Morgan fingerprint density at radius 3 is 2.92 bits per heavy atom. The van der Waals surface area contributed by atoms with Crippen molar-refractivity contribution in [2.24, 2.45) is 0 Å². The summed E-state index contributed by atoms with van der Waals surface area (Å²) in [6.45, 7) is 2.95. The summed E-state index contributed by atoms with van der Waals surface area (Å²) in [6.07, 6.45) is 1.30. The molecule has 4 nitrogen and oxygen atoms in total. The van der Waals surface area contributed by atoms with Crippen LogP contribution in [0.15, 0.2) is 0 Å². The number of hydrogen-bond acceptors (Lipinski definition) is 4. The van der Waals surface area contributed by atoms with Gasteiger partial charge >= 0.3 is 0 Å². The standard InChI is InChI=1S/C9H19NO3/c1-10-8(5-11-2)6-13-9-3-4-12-7-9/h8-10H,3-7H2,1-2H3. The number of nitrogens with one attached hydrogen (secondary N) is 1. The third-order valence-corrected chi connectivity index (χ3v) is 2.20. The molecule has 0 amide bonds. The van der Waals surface area contributed by atoms with Crippen LogP contribution in [0.2, 0.25) is 0 Å². The van der Waals surface area contributed by atoms with Gasteiger partial charge in [0.2, 0.25) is 0 Å². The van der Waals surface area contributed by atoms with Crippen LogP contribution in [0.4, 0.5) is 0 Å². The van der Waals surface area contributed by atoms with Gasteiger partial charge < -0.3 is 19.5 Å². The Hall–Kier alpha value is -0.160. The van der Waals surface area contributed by atoms with Crippen molar-refractivity contribution in [3.63, 3.8) is 0 Å². The van der Waals surface area contributed by atoms with E-state index in [-0.39, 0.29) is 12.1 Å². The Bertz CT molecular complexity index is 126. The third-order valence-electron chi connectivity index (χ3n) is 2.20. The van der Waals surface area contributed by atoms with Crippen LogP contribution in [-0.4, -0.2) is 52.7 Å². The van der Waals surface area contributed by atoms with Gasteiger partial charge in [-0.15, -0.1) is 0 Å². The Morgan fingerprint density at radius 2 is 2.38 bits per heavy atom. The van der Waals surface area contributed by atoms with Gasteiger partial charge in [-0.3, -0.25) is 0 Å². The van der Waals surface area contributed by atoms with Crippen molar-refractivity contribution in [1.29, 1.82) is 0 Å². The highest BCUT2D eigenvalue weighted by Crippen LogP contribution is 2.08. The van der Waals surface area contributed by atoms with E-state index in [0.717, 1.165) is 19.6 Å². The fourth-order valence-corrected chi connectivity index (χ4v) is 1.31. The van der Waals surface area contributed by atoms with E-state index in [9.17, 15) is 0 Å². The van der Waals surface area contributed by atoms with Gasteiger partial charge in [-0.05, 0) is 13.5 Å². The lowest BCUT2D eigenvalue weighted by atomic mass is 10.3. The number of rotatable bonds is 6. The fourth-order valence-electron chi connectivity index (χ4n) is 1.31. The molecule has 1 N–H and O–H groups in total. The van der Waals surface area contributed by atoms with Gasteiger partial charge in [-0.25, -0.2) is 0 Å². The molecule has 1 saturated heterocycles. The molecule has 2 unspecified atom stereocenters. The van der Waals surface area contributed by atoms with Gasteiger partial charge in [0, 0.05) is 13.7 Å². The monoisotopic (exact) mass is 189 g/mol. The van der Waals surface area contributed by atoms with Crippen LogP contribution in [0.5, 0.6) is 0 Å². The third kappa shape index (κ3) is 4.04. The Labute approximate surface area is 79.5 Å². The van der Waals surface area contributed by atoms with Crippen LogP contribution >= 0.6 is 0 Å². The van der Waals surface area contributed by atoms with E-state index < -0.39 is 0 Å². The fraction of sp³-hybridized carbons (Fsp3) is 1.00. The highest BCUT2D eigenvalue weighted by molar-refractivity contribution is 4.67. The molecule has 0 aliphatic carbocycles. The topological polar surface area (TPSA) is 39.7 Å². The number of ether oxygens (including phenoxy) is 3. The second kappa shape index (κ2) is 6.32. The lowest BCUT2D eigenvalue weighted by Crippen LogP contribution is -2.36.